The molecule has 0 aromatic heterocycles. The second-order valence-electron chi connectivity index (χ2n) is 3.13. The molecule has 0 N–H and O–H groups in total. The van der Waals surface area contributed by atoms with Crippen molar-refractivity contribution in [2.24, 2.45) is 0 Å². The molecule has 15 heavy (non-hydrogen) atoms. The summed E-state index contributed by atoms with van der Waals surface area (Å²) in [5.74, 6) is 3.67. The zero-order chi connectivity index (χ0) is 10.5. The molecule has 1 aliphatic heterocycles. The van der Waals surface area contributed by atoms with Gasteiger partial charge in [0.1, 0.15) is 11.9 Å². The lowest BCUT2D eigenvalue weighted by atomic mass is 10.1. The molecule has 2 nitrogen and oxygen atoms in total. The average molecular weight is 200 g/mol. The first kappa shape index (κ1) is 9.67. The quantitative estimate of drug-likeness (QED) is 0.649. The van der Waals surface area contributed by atoms with Crippen molar-refractivity contribution in [3.63, 3.8) is 0 Å². The Bertz CT molecular complexity index is 424. The van der Waals surface area contributed by atoms with E-state index in [1.54, 1.807) is 0 Å². The van der Waals surface area contributed by atoms with Crippen LogP contribution in [0.1, 0.15) is 18.9 Å². The van der Waals surface area contributed by atoms with Gasteiger partial charge in [-0.05, 0) is 18.2 Å². The average Bonchev–Trinajstić information content (AvgIpc) is 2.29. The van der Waals surface area contributed by atoms with E-state index in [-0.39, 0.29) is 6.29 Å². The van der Waals surface area contributed by atoms with E-state index in [9.17, 15) is 0 Å². The molecule has 2 rings (SSSR count). The highest BCUT2D eigenvalue weighted by Crippen LogP contribution is 2.25. The zero-order valence-corrected chi connectivity index (χ0v) is 8.57. The van der Waals surface area contributed by atoms with Crippen molar-refractivity contribution >= 4 is 6.08 Å². The maximum Gasteiger partial charge on any atom is 0.271 e. The fourth-order valence-electron chi connectivity index (χ4n) is 1.31. The molecule has 1 atom stereocenters. The molecule has 1 unspecified atom stereocenters. The van der Waals surface area contributed by atoms with E-state index in [2.05, 4.69) is 12.0 Å². The fourth-order valence-corrected chi connectivity index (χ4v) is 1.31. The fraction of sp³-hybridized carbons (Fsp3) is 0.231. The van der Waals surface area contributed by atoms with Crippen molar-refractivity contribution in [2.45, 2.75) is 19.6 Å². The number of rotatable bonds is 1. The summed E-state index contributed by atoms with van der Waals surface area (Å²) >= 11 is 0. The monoisotopic (exact) mass is 200 g/mol. The Morgan fingerprint density at radius 3 is 3.13 bits per heavy atom. The van der Waals surface area contributed by atoms with Crippen LogP contribution in [0.4, 0.5) is 0 Å². The molecule has 0 fully saturated rings. The van der Waals surface area contributed by atoms with Gasteiger partial charge in [0, 0.05) is 12.0 Å². The third-order valence-electron chi connectivity index (χ3n) is 2.02. The van der Waals surface area contributed by atoms with Gasteiger partial charge in [-0.2, -0.15) is 0 Å². The maximum absolute atomic E-state index is 5.57. The van der Waals surface area contributed by atoms with Crippen LogP contribution < -0.4 is 4.74 Å². The summed E-state index contributed by atoms with van der Waals surface area (Å²) in [5, 5.41) is 0. The molecular formula is C13H12O2. The topological polar surface area (TPSA) is 18.5 Å². The Labute approximate surface area is 89.5 Å². The smallest absolute Gasteiger partial charge is 0.271 e. The highest BCUT2D eigenvalue weighted by molar-refractivity contribution is 5.59. The normalized spacial score (nSPS) is 17.0. The molecule has 0 radical (unpaired) electrons. The molecule has 1 aromatic rings. The molecule has 76 valence electrons. The third kappa shape index (κ3) is 2.32. The van der Waals surface area contributed by atoms with E-state index in [0.29, 0.717) is 0 Å². The Balaban J connectivity index is 2.06. The van der Waals surface area contributed by atoms with Crippen LogP contribution in [0.15, 0.2) is 30.3 Å². The highest BCUT2D eigenvalue weighted by Gasteiger charge is 2.13. The van der Waals surface area contributed by atoms with Gasteiger partial charge in [-0.1, -0.05) is 31.0 Å². The summed E-state index contributed by atoms with van der Waals surface area (Å²) in [4.78, 5) is 0. The van der Waals surface area contributed by atoms with E-state index in [4.69, 9.17) is 9.47 Å². The Hall–Kier alpha value is -1.88. The van der Waals surface area contributed by atoms with Crippen molar-refractivity contribution < 1.29 is 9.47 Å². The van der Waals surface area contributed by atoms with Crippen LogP contribution in [-0.2, 0) is 4.74 Å². The summed E-state index contributed by atoms with van der Waals surface area (Å²) < 4.78 is 10.8. The predicted octanol–water partition coefficient (Wildman–Crippen LogP) is 2.81. The van der Waals surface area contributed by atoms with Gasteiger partial charge < -0.3 is 9.47 Å². The molecule has 0 saturated carbocycles. The number of ether oxygens (including phenoxy) is 2. The molecule has 0 aliphatic carbocycles. The maximum atomic E-state index is 5.57. The van der Waals surface area contributed by atoms with Crippen LogP contribution in [-0.4, -0.2) is 6.29 Å². The Morgan fingerprint density at radius 1 is 1.40 bits per heavy atom. The van der Waals surface area contributed by atoms with Crippen molar-refractivity contribution in [1.29, 1.82) is 0 Å². The van der Waals surface area contributed by atoms with Crippen LogP contribution >= 0.6 is 0 Å². The first-order valence-electron chi connectivity index (χ1n) is 4.97. The Kier molecular flexibility index (Phi) is 2.94. The van der Waals surface area contributed by atoms with Gasteiger partial charge in [0.15, 0.2) is 0 Å². The van der Waals surface area contributed by atoms with Crippen molar-refractivity contribution in [2.75, 3.05) is 0 Å². The van der Waals surface area contributed by atoms with Gasteiger partial charge >= 0.3 is 0 Å². The second kappa shape index (κ2) is 4.56. The number of fused-ring (bicyclic) bond motifs is 1. The molecule has 0 bridgehead atoms. The highest BCUT2D eigenvalue weighted by atomic mass is 16.7. The van der Waals surface area contributed by atoms with Crippen molar-refractivity contribution in [3.05, 3.63) is 35.9 Å². The largest absolute Gasteiger partial charge is 0.450 e. The first-order valence-corrected chi connectivity index (χ1v) is 4.97. The molecule has 1 aromatic carbocycles. The van der Waals surface area contributed by atoms with Crippen LogP contribution in [0, 0.1) is 12.0 Å². The summed E-state index contributed by atoms with van der Waals surface area (Å²) in [6.07, 6.45) is 6.84. The van der Waals surface area contributed by atoms with Crippen molar-refractivity contribution in [1.82, 2.24) is 0 Å². The summed E-state index contributed by atoms with van der Waals surface area (Å²) in [6.45, 7) is 1.98. The van der Waals surface area contributed by atoms with Gasteiger partial charge in [-0.15, -0.1) is 0 Å². The summed E-state index contributed by atoms with van der Waals surface area (Å²) in [5.41, 5.74) is 1.07. The molecule has 2 heteroatoms. The molecular weight excluding hydrogens is 188 g/mol. The molecule has 0 spiro atoms. The SMILES string of the molecule is CCC#COC1C=Cc2ccccc2O1. The van der Waals surface area contributed by atoms with E-state index in [1.165, 1.54) is 0 Å². The van der Waals surface area contributed by atoms with Crippen LogP contribution in [0.3, 0.4) is 0 Å². The van der Waals surface area contributed by atoms with Gasteiger partial charge in [0.05, 0.1) is 0 Å². The van der Waals surface area contributed by atoms with Gasteiger partial charge in [-0.25, -0.2) is 0 Å². The second-order valence-corrected chi connectivity index (χ2v) is 3.13. The van der Waals surface area contributed by atoms with E-state index >= 15 is 0 Å². The van der Waals surface area contributed by atoms with E-state index in [1.807, 2.05) is 43.3 Å². The molecule has 1 heterocycles. The summed E-state index contributed by atoms with van der Waals surface area (Å²) in [7, 11) is 0. The number of hydrogen-bond acceptors (Lipinski definition) is 2. The molecule has 1 aliphatic rings. The van der Waals surface area contributed by atoms with Gasteiger partial charge in [0.2, 0.25) is 0 Å². The predicted molar refractivity (Wildman–Crippen MR) is 59.0 cm³/mol. The Morgan fingerprint density at radius 2 is 2.27 bits per heavy atom. The number of para-hydroxylation sites is 1. The first-order chi connectivity index (χ1) is 7.40. The lowest BCUT2D eigenvalue weighted by Gasteiger charge is -2.18. The van der Waals surface area contributed by atoms with Crippen LogP contribution in [0.2, 0.25) is 0 Å². The number of hydrogen-bond donors (Lipinski definition) is 0. The minimum atomic E-state index is -0.390. The van der Waals surface area contributed by atoms with Crippen LogP contribution in [0.25, 0.3) is 6.08 Å². The van der Waals surface area contributed by atoms with Crippen LogP contribution in [0.5, 0.6) is 5.75 Å². The van der Waals surface area contributed by atoms with Gasteiger partial charge in [0.25, 0.3) is 6.29 Å². The van der Waals surface area contributed by atoms with Gasteiger partial charge in [-0.3, -0.25) is 0 Å². The van der Waals surface area contributed by atoms with Crippen molar-refractivity contribution in [3.8, 4) is 17.8 Å². The zero-order valence-electron chi connectivity index (χ0n) is 8.57. The lowest BCUT2D eigenvalue weighted by molar-refractivity contribution is 0.0215. The van der Waals surface area contributed by atoms with E-state index < -0.39 is 0 Å². The minimum absolute atomic E-state index is 0.390. The third-order valence-corrected chi connectivity index (χ3v) is 2.02. The molecule has 0 amide bonds. The van der Waals surface area contributed by atoms with E-state index in [0.717, 1.165) is 17.7 Å². The summed E-state index contributed by atoms with van der Waals surface area (Å²) in [6, 6.07) is 7.83. The number of benzene rings is 1. The minimum Gasteiger partial charge on any atom is -0.450 e. The lowest BCUT2D eigenvalue weighted by Crippen LogP contribution is -2.18. The molecule has 0 saturated heterocycles. The standard InChI is InChI=1S/C13H12O2/c1-2-3-10-14-13-9-8-11-6-4-5-7-12(11)15-13/h4-9,13H,2H2,1H3.